The van der Waals surface area contributed by atoms with Crippen LogP contribution < -0.4 is 10.1 Å². The minimum Gasteiger partial charge on any atom is -0.494 e. The molecular weight excluding hydrogens is 265 g/mol. The molecule has 21 heavy (non-hydrogen) atoms. The molecule has 0 fully saturated rings. The number of rotatable bonds is 7. The van der Waals surface area contributed by atoms with Crippen LogP contribution in [0.4, 0.5) is 4.39 Å². The van der Waals surface area contributed by atoms with E-state index in [-0.39, 0.29) is 17.6 Å². The van der Waals surface area contributed by atoms with Crippen LogP contribution >= 0.6 is 0 Å². The van der Waals surface area contributed by atoms with Crippen molar-refractivity contribution in [1.29, 1.82) is 0 Å². The van der Waals surface area contributed by atoms with Gasteiger partial charge in [0.15, 0.2) is 11.6 Å². The van der Waals surface area contributed by atoms with Crippen molar-refractivity contribution in [3.05, 3.63) is 65.5 Å². The van der Waals surface area contributed by atoms with Crippen molar-refractivity contribution >= 4 is 0 Å². The molecule has 1 atom stereocenters. The summed E-state index contributed by atoms with van der Waals surface area (Å²) in [6, 6.07) is 15.7. The summed E-state index contributed by atoms with van der Waals surface area (Å²) in [6.45, 7) is 2.95. The maximum Gasteiger partial charge on any atom is 0.165 e. The first-order valence-electron chi connectivity index (χ1n) is 7.31. The first-order chi connectivity index (χ1) is 10.2. The lowest BCUT2D eigenvalue weighted by Crippen LogP contribution is -2.20. The number of halogens is 1. The van der Waals surface area contributed by atoms with Gasteiger partial charge in [0.05, 0.1) is 7.11 Å². The van der Waals surface area contributed by atoms with Gasteiger partial charge in [-0.05, 0) is 49.6 Å². The molecule has 1 unspecified atom stereocenters. The quantitative estimate of drug-likeness (QED) is 0.774. The Labute approximate surface area is 126 Å². The molecule has 0 bridgehead atoms. The highest BCUT2D eigenvalue weighted by Gasteiger charge is 2.08. The molecular formula is C18H22FNO. The van der Waals surface area contributed by atoms with Crippen LogP contribution in [0.25, 0.3) is 0 Å². The lowest BCUT2D eigenvalue weighted by molar-refractivity contribution is 0.385. The largest absolute Gasteiger partial charge is 0.494 e. The Morgan fingerprint density at radius 1 is 1.14 bits per heavy atom. The van der Waals surface area contributed by atoms with Gasteiger partial charge in [0.25, 0.3) is 0 Å². The third-order valence-electron chi connectivity index (χ3n) is 3.61. The van der Waals surface area contributed by atoms with Crippen molar-refractivity contribution < 1.29 is 9.13 Å². The van der Waals surface area contributed by atoms with E-state index >= 15 is 0 Å². The SMILES string of the molecule is COc1ccc(C(C)NCCCc2ccccc2)cc1F. The molecule has 0 aromatic heterocycles. The molecule has 2 nitrogen and oxygen atoms in total. The third-order valence-corrected chi connectivity index (χ3v) is 3.61. The number of aryl methyl sites for hydroxylation is 1. The smallest absolute Gasteiger partial charge is 0.165 e. The van der Waals surface area contributed by atoms with Crippen molar-refractivity contribution in [2.75, 3.05) is 13.7 Å². The van der Waals surface area contributed by atoms with E-state index in [1.807, 2.05) is 19.1 Å². The fourth-order valence-corrected chi connectivity index (χ4v) is 2.33. The molecule has 0 aliphatic rings. The Morgan fingerprint density at radius 2 is 1.90 bits per heavy atom. The average molecular weight is 287 g/mol. The summed E-state index contributed by atoms with van der Waals surface area (Å²) in [6.07, 6.45) is 2.12. The van der Waals surface area contributed by atoms with Crippen LogP contribution in [0.3, 0.4) is 0 Å². The molecule has 0 aliphatic carbocycles. The Bertz CT molecular complexity index is 556. The highest BCUT2D eigenvalue weighted by Crippen LogP contribution is 2.21. The lowest BCUT2D eigenvalue weighted by Gasteiger charge is -2.15. The van der Waals surface area contributed by atoms with Crippen LogP contribution in [-0.2, 0) is 6.42 Å². The second-order valence-corrected chi connectivity index (χ2v) is 5.16. The van der Waals surface area contributed by atoms with Gasteiger partial charge in [0, 0.05) is 6.04 Å². The van der Waals surface area contributed by atoms with Gasteiger partial charge in [-0.25, -0.2) is 4.39 Å². The van der Waals surface area contributed by atoms with Crippen molar-refractivity contribution in [2.45, 2.75) is 25.8 Å². The van der Waals surface area contributed by atoms with Crippen LogP contribution in [0.5, 0.6) is 5.75 Å². The van der Waals surface area contributed by atoms with Crippen LogP contribution in [0, 0.1) is 5.82 Å². The van der Waals surface area contributed by atoms with Gasteiger partial charge in [0.2, 0.25) is 0 Å². The zero-order chi connectivity index (χ0) is 15.1. The molecule has 1 N–H and O–H groups in total. The molecule has 3 heteroatoms. The van der Waals surface area contributed by atoms with E-state index in [9.17, 15) is 4.39 Å². The second-order valence-electron chi connectivity index (χ2n) is 5.16. The van der Waals surface area contributed by atoms with Gasteiger partial charge in [-0.3, -0.25) is 0 Å². The van der Waals surface area contributed by atoms with E-state index in [4.69, 9.17) is 4.74 Å². The Hall–Kier alpha value is -1.87. The van der Waals surface area contributed by atoms with Gasteiger partial charge in [-0.1, -0.05) is 36.4 Å². The van der Waals surface area contributed by atoms with Crippen molar-refractivity contribution in [1.82, 2.24) is 5.32 Å². The van der Waals surface area contributed by atoms with E-state index in [0.717, 1.165) is 24.9 Å². The normalized spacial score (nSPS) is 12.1. The Morgan fingerprint density at radius 3 is 2.57 bits per heavy atom. The molecule has 2 aromatic carbocycles. The van der Waals surface area contributed by atoms with Gasteiger partial charge >= 0.3 is 0 Å². The fraction of sp³-hybridized carbons (Fsp3) is 0.333. The summed E-state index contributed by atoms with van der Waals surface area (Å²) in [5.74, 6) is -0.0250. The number of nitrogens with one attached hydrogen (secondary N) is 1. The maximum atomic E-state index is 13.7. The number of benzene rings is 2. The molecule has 0 amide bonds. The van der Waals surface area contributed by atoms with E-state index in [2.05, 4.69) is 29.6 Å². The van der Waals surface area contributed by atoms with Crippen LogP contribution in [-0.4, -0.2) is 13.7 Å². The van der Waals surface area contributed by atoms with Crippen molar-refractivity contribution in [3.63, 3.8) is 0 Å². The van der Waals surface area contributed by atoms with Gasteiger partial charge in [0.1, 0.15) is 0 Å². The van der Waals surface area contributed by atoms with E-state index in [0.29, 0.717) is 0 Å². The predicted molar refractivity (Wildman–Crippen MR) is 84.1 cm³/mol. The summed E-state index contributed by atoms with van der Waals surface area (Å²) in [4.78, 5) is 0. The van der Waals surface area contributed by atoms with Gasteiger partial charge in [-0.2, -0.15) is 0 Å². The first kappa shape index (κ1) is 15.5. The number of ether oxygens (including phenoxy) is 1. The zero-order valence-corrected chi connectivity index (χ0v) is 12.6. The number of hydrogen-bond acceptors (Lipinski definition) is 2. The second kappa shape index (κ2) is 7.79. The minimum absolute atomic E-state index is 0.126. The summed E-state index contributed by atoms with van der Waals surface area (Å²) in [7, 11) is 1.48. The summed E-state index contributed by atoms with van der Waals surface area (Å²) in [5, 5.41) is 3.43. The third kappa shape index (κ3) is 4.57. The molecule has 112 valence electrons. The standard InChI is InChI=1S/C18H22FNO/c1-14(16-10-11-18(21-2)17(19)13-16)20-12-6-9-15-7-4-3-5-8-15/h3-5,7-8,10-11,13-14,20H,6,9,12H2,1-2H3. The summed E-state index contributed by atoms with van der Waals surface area (Å²) >= 11 is 0. The zero-order valence-electron chi connectivity index (χ0n) is 12.6. The van der Waals surface area contributed by atoms with Crippen LogP contribution in [0.1, 0.15) is 30.5 Å². The molecule has 2 aromatic rings. The van der Waals surface area contributed by atoms with Crippen LogP contribution in [0.15, 0.2) is 48.5 Å². The molecule has 0 spiro atoms. The Kier molecular flexibility index (Phi) is 5.76. The van der Waals surface area contributed by atoms with Gasteiger partial charge < -0.3 is 10.1 Å². The van der Waals surface area contributed by atoms with Gasteiger partial charge in [-0.15, -0.1) is 0 Å². The predicted octanol–water partition coefficient (Wildman–Crippen LogP) is 4.12. The molecule has 2 rings (SSSR count). The first-order valence-corrected chi connectivity index (χ1v) is 7.31. The van der Waals surface area contributed by atoms with E-state index in [1.165, 1.54) is 18.7 Å². The average Bonchev–Trinajstić information content (AvgIpc) is 2.52. The highest BCUT2D eigenvalue weighted by molar-refractivity contribution is 5.30. The molecule has 0 heterocycles. The molecule has 0 radical (unpaired) electrons. The molecule has 0 saturated carbocycles. The van der Waals surface area contributed by atoms with Crippen molar-refractivity contribution in [3.8, 4) is 5.75 Å². The summed E-state index contributed by atoms with van der Waals surface area (Å²) in [5.41, 5.74) is 2.29. The number of methoxy groups -OCH3 is 1. The van der Waals surface area contributed by atoms with Crippen molar-refractivity contribution in [2.24, 2.45) is 0 Å². The topological polar surface area (TPSA) is 21.3 Å². The lowest BCUT2D eigenvalue weighted by atomic mass is 10.1. The van der Waals surface area contributed by atoms with Crippen LogP contribution in [0.2, 0.25) is 0 Å². The fourth-order valence-electron chi connectivity index (χ4n) is 2.33. The number of hydrogen-bond donors (Lipinski definition) is 1. The minimum atomic E-state index is -0.312. The highest BCUT2D eigenvalue weighted by atomic mass is 19.1. The van der Waals surface area contributed by atoms with E-state index in [1.54, 1.807) is 6.07 Å². The Balaban J connectivity index is 1.79. The molecule has 0 saturated heterocycles. The maximum absolute atomic E-state index is 13.7. The monoisotopic (exact) mass is 287 g/mol. The molecule has 0 aliphatic heterocycles. The van der Waals surface area contributed by atoms with E-state index < -0.39 is 0 Å². The summed E-state index contributed by atoms with van der Waals surface area (Å²) < 4.78 is 18.6.